The summed E-state index contributed by atoms with van der Waals surface area (Å²) in [5, 5.41) is 3.30. The van der Waals surface area contributed by atoms with Crippen LogP contribution >= 0.6 is 39.5 Å². The zero-order valence-corrected chi connectivity index (χ0v) is 21.9. The number of aromatic nitrogens is 3. The van der Waals surface area contributed by atoms with Crippen LogP contribution in [0.2, 0.25) is 0 Å². The Labute approximate surface area is 218 Å². The lowest BCUT2D eigenvalue weighted by Gasteiger charge is -2.15. The number of anilines is 2. The van der Waals surface area contributed by atoms with Crippen molar-refractivity contribution in [2.75, 3.05) is 19.5 Å². The van der Waals surface area contributed by atoms with Gasteiger partial charge in [-0.3, -0.25) is 9.36 Å². The average Bonchev–Trinajstić information content (AvgIpc) is 3.21. The molecule has 0 saturated carbocycles. The maximum atomic E-state index is 13.8. The van der Waals surface area contributed by atoms with Gasteiger partial charge in [0.1, 0.15) is 16.2 Å². The van der Waals surface area contributed by atoms with Gasteiger partial charge in [0.25, 0.3) is 5.56 Å². The molecule has 7 nitrogen and oxygen atoms in total. The minimum Gasteiger partial charge on any atom is -0.497 e. The van der Waals surface area contributed by atoms with Crippen LogP contribution in [0.25, 0.3) is 21.7 Å². The van der Waals surface area contributed by atoms with Gasteiger partial charge in [-0.1, -0.05) is 27.3 Å². The smallest absolute Gasteiger partial charge is 0.279 e. The van der Waals surface area contributed by atoms with Crippen LogP contribution in [0, 0.1) is 3.95 Å². The van der Waals surface area contributed by atoms with E-state index < -0.39 is 0 Å². The van der Waals surface area contributed by atoms with Gasteiger partial charge in [0, 0.05) is 15.8 Å². The Hall–Kier alpha value is -3.47. The van der Waals surface area contributed by atoms with E-state index in [1.807, 2.05) is 65.2 Å². The molecule has 1 N–H and O–H groups in total. The summed E-state index contributed by atoms with van der Waals surface area (Å²) < 4.78 is 15.9. The van der Waals surface area contributed by atoms with Gasteiger partial charge in [0.15, 0.2) is 9.60 Å². The van der Waals surface area contributed by atoms with Gasteiger partial charge in [-0.25, -0.2) is 4.57 Å². The van der Waals surface area contributed by atoms with Crippen molar-refractivity contribution < 1.29 is 9.47 Å². The van der Waals surface area contributed by atoms with Crippen molar-refractivity contribution in [3.05, 3.63) is 91.6 Å². The highest BCUT2D eigenvalue weighted by molar-refractivity contribution is 9.10. The van der Waals surface area contributed by atoms with E-state index in [1.54, 1.807) is 30.9 Å². The van der Waals surface area contributed by atoms with Gasteiger partial charge in [-0.15, -0.1) is 0 Å². The second-order valence-corrected chi connectivity index (χ2v) is 10.0. The van der Waals surface area contributed by atoms with E-state index in [2.05, 4.69) is 21.2 Å². The number of nitrogens with one attached hydrogen (secondary N) is 1. The van der Waals surface area contributed by atoms with E-state index in [9.17, 15) is 4.79 Å². The number of ether oxygens (including phenoxy) is 2. The van der Waals surface area contributed by atoms with Crippen molar-refractivity contribution in [3.8, 4) is 22.9 Å². The molecule has 2 heterocycles. The molecule has 0 amide bonds. The lowest BCUT2D eigenvalue weighted by Crippen LogP contribution is -2.22. The minimum absolute atomic E-state index is 0.219. The first-order chi connectivity index (χ1) is 17.0. The molecular weight excluding hydrogens is 548 g/mol. The molecule has 176 valence electrons. The summed E-state index contributed by atoms with van der Waals surface area (Å²) >= 11 is 10.4. The molecule has 0 atom stereocenters. The number of nitrogens with zero attached hydrogens (tertiary/aromatic N) is 3. The number of hydrogen-bond acceptors (Lipinski definition) is 7. The third kappa shape index (κ3) is 4.47. The fourth-order valence-corrected chi connectivity index (χ4v) is 5.20. The van der Waals surface area contributed by atoms with E-state index in [4.69, 9.17) is 26.7 Å². The number of fused-ring (bicyclic) bond motifs is 1. The van der Waals surface area contributed by atoms with Crippen LogP contribution in [0.4, 0.5) is 11.6 Å². The molecule has 5 aromatic rings. The van der Waals surface area contributed by atoms with E-state index in [0.29, 0.717) is 31.7 Å². The number of benzene rings is 3. The van der Waals surface area contributed by atoms with Crippen LogP contribution in [0.15, 0.2) is 82.1 Å². The van der Waals surface area contributed by atoms with Gasteiger partial charge in [0.05, 0.1) is 19.9 Å². The molecule has 3 aromatic carbocycles. The van der Waals surface area contributed by atoms with Crippen LogP contribution in [-0.2, 0) is 0 Å². The molecule has 2 aromatic heterocycles. The first kappa shape index (κ1) is 23.3. The molecule has 0 bridgehead atoms. The van der Waals surface area contributed by atoms with Crippen LogP contribution < -0.4 is 20.3 Å². The van der Waals surface area contributed by atoms with Gasteiger partial charge >= 0.3 is 0 Å². The van der Waals surface area contributed by atoms with Gasteiger partial charge < -0.3 is 14.8 Å². The normalized spacial score (nSPS) is 10.9. The average molecular weight is 567 g/mol. The number of methoxy groups -OCH3 is 2. The van der Waals surface area contributed by atoms with Gasteiger partial charge in [-0.2, -0.15) is 4.98 Å². The van der Waals surface area contributed by atoms with E-state index >= 15 is 0 Å². The Balaban J connectivity index is 1.75. The molecular formula is C25H19BrN4O3S2. The summed E-state index contributed by atoms with van der Waals surface area (Å²) in [5.74, 6) is 1.78. The molecule has 0 saturated heterocycles. The molecule has 0 radical (unpaired) electrons. The Morgan fingerprint density at radius 1 is 0.857 bits per heavy atom. The van der Waals surface area contributed by atoms with Crippen LogP contribution in [-0.4, -0.2) is 28.3 Å². The zero-order chi connectivity index (χ0) is 24.5. The van der Waals surface area contributed by atoms with Crippen molar-refractivity contribution in [1.29, 1.82) is 0 Å². The Morgan fingerprint density at radius 3 is 2.00 bits per heavy atom. The van der Waals surface area contributed by atoms with E-state index in [-0.39, 0.29) is 5.56 Å². The molecule has 0 unspecified atom stereocenters. The van der Waals surface area contributed by atoms with Crippen molar-refractivity contribution in [2.45, 2.75) is 0 Å². The number of hydrogen-bond donors (Lipinski definition) is 1. The largest absolute Gasteiger partial charge is 0.497 e. The third-order valence-corrected chi connectivity index (χ3v) is 7.25. The third-order valence-electron chi connectivity index (χ3n) is 5.37. The fourth-order valence-electron chi connectivity index (χ4n) is 3.63. The molecule has 0 spiro atoms. The number of halogens is 1. The molecule has 10 heteroatoms. The molecule has 0 aliphatic heterocycles. The number of thiazole rings is 1. The van der Waals surface area contributed by atoms with Crippen LogP contribution in [0.1, 0.15) is 0 Å². The summed E-state index contributed by atoms with van der Waals surface area (Å²) in [6, 6.07) is 22.4. The summed E-state index contributed by atoms with van der Waals surface area (Å²) in [4.78, 5) is 18.7. The Kier molecular flexibility index (Phi) is 6.42. The summed E-state index contributed by atoms with van der Waals surface area (Å²) in [5.41, 5.74) is 2.50. The first-order valence-electron chi connectivity index (χ1n) is 10.5. The van der Waals surface area contributed by atoms with Gasteiger partial charge in [-0.05, 0) is 85.0 Å². The maximum Gasteiger partial charge on any atom is 0.279 e. The first-order valence-corrected chi connectivity index (χ1v) is 12.5. The molecule has 0 fully saturated rings. The van der Waals surface area contributed by atoms with Crippen LogP contribution in [0.3, 0.4) is 0 Å². The van der Waals surface area contributed by atoms with Crippen LogP contribution in [0.5, 0.6) is 11.5 Å². The summed E-state index contributed by atoms with van der Waals surface area (Å²) in [6.45, 7) is 0. The molecule has 35 heavy (non-hydrogen) atoms. The van der Waals surface area contributed by atoms with Crippen molar-refractivity contribution in [2.24, 2.45) is 0 Å². The predicted molar refractivity (Wildman–Crippen MR) is 146 cm³/mol. The predicted octanol–water partition coefficient (Wildman–Crippen LogP) is 6.49. The Morgan fingerprint density at radius 2 is 1.40 bits per heavy atom. The van der Waals surface area contributed by atoms with Crippen molar-refractivity contribution >= 4 is 61.5 Å². The summed E-state index contributed by atoms with van der Waals surface area (Å²) in [6.07, 6.45) is 0. The maximum absolute atomic E-state index is 13.8. The quantitative estimate of drug-likeness (QED) is 0.237. The van der Waals surface area contributed by atoms with Crippen molar-refractivity contribution in [1.82, 2.24) is 14.1 Å². The fraction of sp³-hybridized carbons (Fsp3) is 0.0800. The Bertz CT molecular complexity index is 1620. The van der Waals surface area contributed by atoms with E-state index in [1.165, 1.54) is 11.3 Å². The molecule has 0 aliphatic rings. The van der Waals surface area contributed by atoms with E-state index in [0.717, 1.165) is 21.6 Å². The van der Waals surface area contributed by atoms with Crippen molar-refractivity contribution in [3.63, 3.8) is 0 Å². The second-order valence-electron chi connectivity index (χ2n) is 7.46. The topological polar surface area (TPSA) is 70.3 Å². The lowest BCUT2D eigenvalue weighted by molar-refractivity contribution is 0.414. The highest BCUT2D eigenvalue weighted by atomic mass is 79.9. The highest BCUT2D eigenvalue weighted by Gasteiger charge is 2.19. The monoisotopic (exact) mass is 566 g/mol. The summed E-state index contributed by atoms with van der Waals surface area (Å²) in [7, 11) is 3.21. The minimum atomic E-state index is -0.219. The lowest BCUT2D eigenvalue weighted by atomic mass is 10.3. The second kappa shape index (κ2) is 9.65. The molecule has 5 rings (SSSR count). The zero-order valence-electron chi connectivity index (χ0n) is 18.7. The van der Waals surface area contributed by atoms with Gasteiger partial charge in [0.2, 0.25) is 5.95 Å². The number of rotatable bonds is 6. The standard InChI is InChI=1S/C25H19BrN4O3S2/c1-32-19-11-5-16(6-12-19)27-24-28-22-21(23(31)30(24)18-9-13-20(33-2)14-10-18)35-25(34)29(22)17-7-3-15(26)4-8-17/h3-14H,1-2H3,(H,27,28). The SMILES string of the molecule is COc1ccc(Nc2nc3c(sc(=S)n3-c3ccc(Br)cc3)c(=O)n2-c2ccc(OC)cc2)cc1. The molecule has 0 aliphatic carbocycles. The highest BCUT2D eigenvalue weighted by Crippen LogP contribution is 2.28.